The summed E-state index contributed by atoms with van der Waals surface area (Å²) in [6, 6.07) is 13.9. The summed E-state index contributed by atoms with van der Waals surface area (Å²) in [4.78, 5) is 12.6. The van der Waals surface area contributed by atoms with Crippen LogP contribution in [0.15, 0.2) is 42.5 Å². The lowest BCUT2D eigenvalue weighted by molar-refractivity contribution is -0.128. The number of halogens is 1. The first-order chi connectivity index (χ1) is 11.2. The van der Waals surface area contributed by atoms with Crippen molar-refractivity contribution in [3.8, 4) is 5.75 Å². The van der Waals surface area contributed by atoms with Crippen molar-refractivity contribution in [3.63, 3.8) is 0 Å². The van der Waals surface area contributed by atoms with Crippen LogP contribution in [-0.4, -0.2) is 12.0 Å². The summed E-state index contributed by atoms with van der Waals surface area (Å²) >= 11 is 6.01. The number of nitrogens with one attached hydrogen (secondary N) is 1. The molecule has 0 bridgehead atoms. The molecule has 4 heteroatoms. The number of amides is 1. The van der Waals surface area contributed by atoms with Gasteiger partial charge in [0.2, 0.25) is 0 Å². The van der Waals surface area contributed by atoms with Crippen LogP contribution < -0.4 is 10.1 Å². The molecule has 3 nitrogen and oxygen atoms in total. The van der Waals surface area contributed by atoms with Gasteiger partial charge in [-0.1, -0.05) is 35.9 Å². The molecule has 0 radical (unpaired) electrons. The number of carbonyl (C=O) groups is 1. The standard InChI is InChI=1S/C19H18ClNO2/c20-14-8-9-17-13(10-14)11-18(23-17)19(22)21-16-7-3-5-12-4-1-2-6-15(12)16/h1-2,4,6,8-10,16,18H,3,5,7,11H2,(H,21,22)/t16-,18-/m0/s1. The van der Waals surface area contributed by atoms with Crippen LogP contribution >= 0.6 is 11.6 Å². The van der Waals surface area contributed by atoms with Crippen LogP contribution in [0.3, 0.4) is 0 Å². The summed E-state index contributed by atoms with van der Waals surface area (Å²) in [5.41, 5.74) is 3.58. The molecule has 1 amide bonds. The average molecular weight is 328 g/mol. The van der Waals surface area contributed by atoms with Crippen molar-refractivity contribution < 1.29 is 9.53 Å². The Kier molecular flexibility index (Phi) is 3.74. The van der Waals surface area contributed by atoms with Gasteiger partial charge in [0.25, 0.3) is 5.91 Å². The van der Waals surface area contributed by atoms with Gasteiger partial charge >= 0.3 is 0 Å². The van der Waals surface area contributed by atoms with Gasteiger partial charge in [-0.15, -0.1) is 0 Å². The lowest BCUT2D eigenvalue weighted by Crippen LogP contribution is -2.40. The Balaban J connectivity index is 1.48. The van der Waals surface area contributed by atoms with E-state index in [0.29, 0.717) is 11.4 Å². The smallest absolute Gasteiger partial charge is 0.261 e. The molecule has 0 fully saturated rings. The van der Waals surface area contributed by atoms with Crippen LogP contribution in [0, 0.1) is 0 Å². The Hall–Kier alpha value is -2.00. The molecule has 2 atom stereocenters. The van der Waals surface area contributed by atoms with E-state index in [1.54, 1.807) is 6.07 Å². The minimum absolute atomic E-state index is 0.0426. The van der Waals surface area contributed by atoms with Gasteiger partial charge in [0, 0.05) is 11.4 Å². The SMILES string of the molecule is O=C(N[C@H]1CCCc2ccccc21)[C@@H]1Cc2cc(Cl)ccc2O1. The minimum Gasteiger partial charge on any atom is -0.480 e. The summed E-state index contributed by atoms with van der Waals surface area (Å²) in [5.74, 6) is 0.720. The number of hydrogen-bond acceptors (Lipinski definition) is 2. The highest BCUT2D eigenvalue weighted by Gasteiger charge is 2.31. The molecular weight excluding hydrogens is 310 g/mol. The number of benzene rings is 2. The third kappa shape index (κ3) is 2.81. The van der Waals surface area contributed by atoms with Crippen molar-refractivity contribution in [2.24, 2.45) is 0 Å². The lowest BCUT2D eigenvalue weighted by Gasteiger charge is -2.27. The van der Waals surface area contributed by atoms with Gasteiger partial charge in [0.05, 0.1) is 6.04 Å². The van der Waals surface area contributed by atoms with Gasteiger partial charge in [-0.05, 0) is 54.2 Å². The zero-order valence-corrected chi connectivity index (χ0v) is 13.5. The van der Waals surface area contributed by atoms with Gasteiger partial charge in [-0.25, -0.2) is 0 Å². The van der Waals surface area contributed by atoms with E-state index in [4.69, 9.17) is 16.3 Å². The summed E-state index contributed by atoms with van der Waals surface area (Å²) < 4.78 is 5.78. The van der Waals surface area contributed by atoms with Crippen molar-refractivity contribution in [3.05, 3.63) is 64.2 Å². The zero-order valence-electron chi connectivity index (χ0n) is 12.7. The van der Waals surface area contributed by atoms with E-state index in [0.717, 1.165) is 30.6 Å². The van der Waals surface area contributed by atoms with E-state index in [2.05, 4.69) is 23.5 Å². The third-order valence-electron chi connectivity index (χ3n) is 4.68. The maximum Gasteiger partial charge on any atom is 0.261 e. The Morgan fingerprint density at radius 2 is 2.04 bits per heavy atom. The first-order valence-corrected chi connectivity index (χ1v) is 8.42. The molecule has 2 aromatic carbocycles. The summed E-state index contributed by atoms with van der Waals surface area (Å²) in [6.45, 7) is 0. The van der Waals surface area contributed by atoms with Gasteiger partial charge in [-0.3, -0.25) is 4.79 Å². The number of fused-ring (bicyclic) bond motifs is 2. The minimum atomic E-state index is -0.461. The summed E-state index contributed by atoms with van der Waals surface area (Å²) in [7, 11) is 0. The van der Waals surface area contributed by atoms with Crippen molar-refractivity contribution in [2.45, 2.75) is 37.8 Å². The molecule has 4 rings (SSSR count). The fourth-order valence-corrected chi connectivity index (χ4v) is 3.73. The van der Waals surface area contributed by atoms with Crippen LogP contribution in [0.4, 0.5) is 0 Å². The maximum absolute atomic E-state index is 12.6. The van der Waals surface area contributed by atoms with Crippen LogP contribution in [0.2, 0.25) is 5.02 Å². The first-order valence-electron chi connectivity index (χ1n) is 8.04. The second-order valence-corrected chi connectivity index (χ2v) is 6.65. The second-order valence-electron chi connectivity index (χ2n) is 6.21. The number of aryl methyl sites for hydroxylation is 1. The predicted octanol–water partition coefficient (Wildman–Crippen LogP) is 3.84. The van der Waals surface area contributed by atoms with Crippen molar-refractivity contribution in [1.29, 1.82) is 0 Å². The highest BCUT2D eigenvalue weighted by molar-refractivity contribution is 6.30. The molecule has 0 unspecified atom stereocenters. The first kappa shape index (κ1) is 14.6. The average Bonchev–Trinajstić information content (AvgIpc) is 2.98. The molecule has 23 heavy (non-hydrogen) atoms. The van der Waals surface area contributed by atoms with E-state index in [9.17, 15) is 4.79 Å². The van der Waals surface area contributed by atoms with E-state index >= 15 is 0 Å². The molecular formula is C19H18ClNO2. The van der Waals surface area contributed by atoms with E-state index < -0.39 is 6.10 Å². The molecule has 0 aromatic heterocycles. The fraction of sp³-hybridized carbons (Fsp3) is 0.316. The second kappa shape index (κ2) is 5.89. The van der Waals surface area contributed by atoms with E-state index in [-0.39, 0.29) is 11.9 Å². The number of hydrogen-bond donors (Lipinski definition) is 1. The molecule has 0 spiro atoms. The topological polar surface area (TPSA) is 38.3 Å². The van der Waals surface area contributed by atoms with Crippen LogP contribution in [0.1, 0.15) is 35.6 Å². The molecule has 2 aromatic rings. The third-order valence-corrected chi connectivity index (χ3v) is 4.91. The van der Waals surface area contributed by atoms with Gasteiger partial charge < -0.3 is 10.1 Å². The largest absolute Gasteiger partial charge is 0.480 e. The van der Waals surface area contributed by atoms with E-state index in [1.807, 2.05) is 18.2 Å². The molecule has 118 valence electrons. The Labute approximate surface area is 140 Å². The molecule has 1 aliphatic carbocycles. The number of rotatable bonds is 2. The molecule has 2 aliphatic rings. The molecule has 0 saturated carbocycles. The monoisotopic (exact) mass is 327 g/mol. The lowest BCUT2D eigenvalue weighted by atomic mass is 9.87. The maximum atomic E-state index is 12.6. The van der Waals surface area contributed by atoms with Crippen LogP contribution in [0.5, 0.6) is 5.75 Å². The fourth-order valence-electron chi connectivity index (χ4n) is 3.53. The zero-order chi connectivity index (χ0) is 15.8. The van der Waals surface area contributed by atoms with Crippen molar-refractivity contribution in [1.82, 2.24) is 5.32 Å². The predicted molar refractivity (Wildman–Crippen MR) is 89.8 cm³/mol. The summed E-state index contributed by atoms with van der Waals surface area (Å²) in [5, 5.41) is 3.85. The highest BCUT2D eigenvalue weighted by Crippen LogP contribution is 2.33. The molecule has 1 N–H and O–H groups in total. The highest BCUT2D eigenvalue weighted by atomic mass is 35.5. The molecule has 1 aliphatic heterocycles. The van der Waals surface area contributed by atoms with E-state index in [1.165, 1.54) is 11.1 Å². The Morgan fingerprint density at radius 1 is 1.17 bits per heavy atom. The van der Waals surface area contributed by atoms with Gasteiger partial charge in [-0.2, -0.15) is 0 Å². The number of carbonyl (C=O) groups excluding carboxylic acids is 1. The molecule has 0 saturated heterocycles. The quantitative estimate of drug-likeness (QED) is 0.910. The van der Waals surface area contributed by atoms with Crippen molar-refractivity contribution in [2.75, 3.05) is 0 Å². The van der Waals surface area contributed by atoms with Crippen molar-refractivity contribution >= 4 is 17.5 Å². The molecule has 1 heterocycles. The number of ether oxygens (including phenoxy) is 1. The van der Waals surface area contributed by atoms with Gasteiger partial charge in [0.15, 0.2) is 6.10 Å². The summed E-state index contributed by atoms with van der Waals surface area (Å²) in [6.07, 6.45) is 3.29. The Morgan fingerprint density at radius 3 is 2.96 bits per heavy atom. The normalized spacial score (nSPS) is 22.0. The van der Waals surface area contributed by atoms with Gasteiger partial charge in [0.1, 0.15) is 5.75 Å². The van der Waals surface area contributed by atoms with Crippen LogP contribution in [0.25, 0.3) is 0 Å². The Bertz CT molecular complexity index is 759. The van der Waals surface area contributed by atoms with Crippen LogP contribution in [-0.2, 0) is 17.6 Å².